The third-order valence-electron chi connectivity index (χ3n) is 4.75. The van der Waals surface area contributed by atoms with Gasteiger partial charge in [-0.1, -0.05) is 23.8 Å². The zero-order valence-corrected chi connectivity index (χ0v) is 17.7. The first kappa shape index (κ1) is 21.5. The van der Waals surface area contributed by atoms with Crippen molar-refractivity contribution in [3.63, 3.8) is 0 Å². The minimum Gasteiger partial charge on any atom is -0.376 e. The summed E-state index contributed by atoms with van der Waals surface area (Å²) in [5.74, 6) is -1.65. The quantitative estimate of drug-likeness (QED) is 0.647. The zero-order valence-electron chi connectivity index (χ0n) is 16.1. The van der Waals surface area contributed by atoms with Gasteiger partial charge < -0.3 is 15.4 Å². The summed E-state index contributed by atoms with van der Waals surface area (Å²) in [7, 11) is -3.74. The average Bonchev–Trinajstić information content (AvgIpc) is 3.40. The molecule has 1 fully saturated rings. The molecule has 1 aromatic heterocycles. The number of thiophene rings is 1. The van der Waals surface area contributed by atoms with Gasteiger partial charge in [-0.05, 0) is 43.3 Å². The second kappa shape index (κ2) is 9.51. The Morgan fingerprint density at radius 1 is 1.17 bits per heavy atom. The molecule has 0 bridgehead atoms. The summed E-state index contributed by atoms with van der Waals surface area (Å²) in [5.41, 5.74) is 0.952. The van der Waals surface area contributed by atoms with Crippen LogP contribution in [0.1, 0.15) is 28.5 Å². The lowest BCUT2D eigenvalue weighted by Crippen LogP contribution is -2.44. The SMILES string of the molecule is Cc1ccc(S(=O)(=O)C(CNC(=O)C(=O)NCC2CCCO2)c2cccs2)cc1. The molecule has 1 aliphatic heterocycles. The van der Waals surface area contributed by atoms with Crippen LogP contribution in [0.25, 0.3) is 0 Å². The van der Waals surface area contributed by atoms with E-state index in [0.717, 1.165) is 18.4 Å². The van der Waals surface area contributed by atoms with Crippen molar-refractivity contribution >= 4 is 33.0 Å². The Labute approximate surface area is 174 Å². The third kappa shape index (κ3) is 5.43. The number of sulfone groups is 1. The highest BCUT2D eigenvalue weighted by atomic mass is 32.2. The number of nitrogens with one attached hydrogen (secondary N) is 2. The van der Waals surface area contributed by atoms with Crippen molar-refractivity contribution in [2.24, 2.45) is 0 Å². The van der Waals surface area contributed by atoms with Crippen molar-refractivity contribution in [3.8, 4) is 0 Å². The lowest BCUT2D eigenvalue weighted by atomic mass is 10.2. The van der Waals surface area contributed by atoms with E-state index in [1.54, 1.807) is 41.8 Å². The van der Waals surface area contributed by atoms with Gasteiger partial charge in [0.15, 0.2) is 9.84 Å². The van der Waals surface area contributed by atoms with Gasteiger partial charge in [-0.3, -0.25) is 9.59 Å². The lowest BCUT2D eigenvalue weighted by molar-refractivity contribution is -0.139. The molecule has 0 spiro atoms. The molecular weight excluding hydrogens is 412 g/mol. The lowest BCUT2D eigenvalue weighted by Gasteiger charge is -2.18. The number of carbonyl (C=O) groups is 2. The third-order valence-corrected chi connectivity index (χ3v) is 7.99. The fourth-order valence-corrected chi connectivity index (χ4v) is 5.87. The van der Waals surface area contributed by atoms with Gasteiger partial charge in [0, 0.05) is 24.6 Å². The smallest absolute Gasteiger partial charge is 0.309 e. The first-order valence-electron chi connectivity index (χ1n) is 9.39. The standard InChI is InChI=1S/C20H24N2O5S2/c1-14-6-8-16(9-7-14)29(25,26)18(17-5-3-11-28-17)13-22-20(24)19(23)21-12-15-4-2-10-27-15/h3,5-9,11,15,18H,2,4,10,12-13H2,1H3,(H,21,23)(H,22,24). The summed E-state index contributed by atoms with van der Waals surface area (Å²) in [6, 6.07) is 10.0. The van der Waals surface area contributed by atoms with E-state index in [0.29, 0.717) is 11.5 Å². The van der Waals surface area contributed by atoms with E-state index in [1.165, 1.54) is 11.3 Å². The Morgan fingerprint density at radius 3 is 2.52 bits per heavy atom. The van der Waals surface area contributed by atoms with Gasteiger partial charge in [0.1, 0.15) is 5.25 Å². The zero-order chi connectivity index (χ0) is 20.9. The topological polar surface area (TPSA) is 102 Å². The molecule has 2 N–H and O–H groups in total. The van der Waals surface area contributed by atoms with Crippen LogP contribution in [0.2, 0.25) is 0 Å². The highest BCUT2D eigenvalue weighted by molar-refractivity contribution is 7.91. The van der Waals surface area contributed by atoms with Gasteiger partial charge in [-0.15, -0.1) is 11.3 Å². The van der Waals surface area contributed by atoms with Crippen molar-refractivity contribution in [1.82, 2.24) is 10.6 Å². The summed E-state index contributed by atoms with van der Waals surface area (Å²) in [4.78, 5) is 25.0. The number of hydrogen-bond donors (Lipinski definition) is 2. The highest BCUT2D eigenvalue weighted by Gasteiger charge is 2.31. The Morgan fingerprint density at radius 2 is 1.90 bits per heavy atom. The number of amides is 2. The van der Waals surface area contributed by atoms with Crippen LogP contribution in [0.5, 0.6) is 0 Å². The molecule has 1 saturated heterocycles. The number of aryl methyl sites for hydroxylation is 1. The Bertz CT molecular complexity index is 934. The monoisotopic (exact) mass is 436 g/mol. The van der Waals surface area contributed by atoms with Crippen LogP contribution in [0.15, 0.2) is 46.7 Å². The first-order chi connectivity index (χ1) is 13.9. The summed E-state index contributed by atoms with van der Waals surface area (Å²) >= 11 is 1.30. The maximum absolute atomic E-state index is 13.2. The van der Waals surface area contributed by atoms with Gasteiger partial charge in [0.05, 0.1) is 11.0 Å². The van der Waals surface area contributed by atoms with Crippen LogP contribution in [-0.4, -0.2) is 46.0 Å². The van der Waals surface area contributed by atoms with Crippen molar-refractivity contribution in [1.29, 1.82) is 0 Å². The van der Waals surface area contributed by atoms with Gasteiger partial charge in [0.25, 0.3) is 0 Å². The number of carbonyl (C=O) groups excluding carboxylic acids is 2. The fraction of sp³-hybridized carbons (Fsp3) is 0.400. The van der Waals surface area contributed by atoms with E-state index in [1.807, 2.05) is 6.92 Å². The van der Waals surface area contributed by atoms with Crippen molar-refractivity contribution in [2.45, 2.75) is 36.0 Å². The summed E-state index contributed by atoms with van der Waals surface area (Å²) in [6.45, 7) is 2.61. The molecule has 156 valence electrons. The first-order valence-corrected chi connectivity index (χ1v) is 11.8. The molecule has 0 saturated carbocycles. The molecular formula is C20H24N2O5S2. The molecule has 1 aliphatic rings. The molecule has 29 heavy (non-hydrogen) atoms. The Balaban J connectivity index is 1.67. The minimum absolute atomic E-state index is 0.0764. The maximum atomic E-state index is 13.2. The van der Waals surface area contributed by atoms with E-state index in [-0.39, 0.29) is 24.1 Å². The molecule has 2 amide bonds. The number of hydrogen-bond acceptors (Lipinski definition) is 6. The van der Waals surface area contributed by atoms with Crippen LogP contribution < -0.4 is 10.6 Å². The molecule has 2 atom stereocenters. The molecule has 7 nitrogen and oxygen atoms in total. The normalized spacial score (nSPS) is 17.6. The average molecular weight is 437 g/mol. The van der Waals surface area contributed by atoms with E-state index >= 15 is 0 Å². The van der Waals surface area contributed by atoms with E-state index in [9.17, 15) is 18.0 Å². The predicted molar refractivity (Wildman–Crippen MR) is 110 cm³/mol. The van der Waals surface area contributed by atoms with Gasteiger partial charge in [-0.2, -0.15) is 0 Å². The van der Waals surface area contributed by atoms with Gasteiger partial charge in [-0.25, -0.2) is 8.42 Å². The van der Waals surface area contributed by atoms with E-state index in [4.69, 9.17) is 4.74 Å². The molecule has 9 heteroatoms. The molecule has 2 unspecified atom stereocenters. The Hall–Kier alpha value is -2.23. The number of benzene rings is 1. The Kier molecular flexibility index (Phi) is 7.05. The molecule has 2 heterocycles. The fourth-order valence-electron chi connectivity index (χ4n) is 3.09. The second-order valence-electron chi connectivity index (χ2n) is 6.92. The maximum Gasteiger partial charge on any atom is 0.309 e. The van der Waals surface area contributed by atoms with Crippen molar-refractivity contribution < 1.29 is 22.7 Å². The minimum atomic E-state index is -3.74. The summed E-state index contributed by atoms with van der Waals surface area (Å²) < 4.78 is 31.7. The van der Waals surface area contributed by atoms with E-state index in [2.05, 4.69) is 10.6 Å². The number of ether oxygens (including phenoxy) is 1. The van der Waals surface area contributed by atoms with Gasteiger partial charge >= 0.3 is 11.8 Å². The van der Waals surface area contributed by atoms with Crippen LogP contribution in [-0.2, 0) is 24.2 Å². The van der Waals surface area contributed by atoms with Crippen molar-refractivity contribution in [3.05, 3.63) is 52.2 Å². The highest BCUT2D eigenvalue weighted by Crippen LogP contribution is 2.31. The predicted octanol–water partition coefficient (Wildman–Crippen LogP) is 1.98. The van der Waals surface area contributed by atoms with Crippen LogP contribution in [0.4, 0.5) is 0 Å². The molecule has 0 aliphatic carbocycles. The van der Waals surface area contributed by atoms with Crippen LogP contribution in [0, 0.1) is 6.92 Å². The molecule has 1 aromatic carbocycles. The largest absolute Gasteiger partial charge is 0.376 e. The molecule has 2 aromatic rings. The summed E-state index contributed by atoms with van der Waals surface area (Å²) in [5, 5.41) is 5.81. The number of rotatable bonds is 7. The summed E-state index contributed by atoms with van der Waals surface area (Å²) in [6.07, 6.45) is 1.70. The van der Waals surface area contributed by atoms with Crippen molar-refractivity contribution in [2.75, 3.05) is 19.7 Å². The second-order valence-corrected chi connectivity index (χ2v) is 10.0. The van der Waals surface area contributed by atoms with Gasteiger partial charge in [0.2, 0.25) is 0 Å². The van der Waals surface area contributed by atoms with Crippen LogP contribution in [0.3, 0.4) is 0 Å². The molecule has 3 rings (SSSR count). The van der Waals surface area contributed by atoms with Crippen LogP contribution >= 0.6 is 11.3 Å². The van der Waals surface area contributed by atoms with E-state index < -0.39 is 26.9 Å². The molecule has 0 radical (unpaired) electrons.